The van der Waals surface area contributed by atoms with Crippen LogP contribution >= 0.6 is 0 Å². The van der Waals surface area contributed by atoms with Gasteiger partial charge in [-0.15, -0.1) is 0 Å². The molecule has 1 aliphatic heterocycles. The van der Waals surface area contributed by atoms with Gasteiger partial charge in [0, 0.05) is 17.7 Å². The van der Waals surface area contributed by atoms with Crippen LogP contribution in [0.2, 0.25) is 0 Å². The fourth-order valence-electron chi connectivity index (χ4n) is 4.47. The molecule has 0 aromatic heterocycles. The molecule has 0 spiro atoms. The average Bonchev–Trinajstić information content (AvgIpc) is 2.83. The monoisotopic (exact) mass is 447 g/mol. The van der Waals surface area contributed by atoms with Crippen molar-refractivity contribution in [2.24, 2.45) is 0 Å². The lowest BCUT2D eigenvalue weighted by molar-refractivity contribution is -0.140. The quantitative estimate of drug-likeness (QED) is 0.568. The molecule has 0 fully saturated rings. The Kier molecular flexibility index (Phi) is 6.22. The number of rotatable bonds is 7. The number of carbonyl (C=O) groups is 2. The van der Waals surface area contributed by atoms with Crippen molar-refractivity contribution >= 4 is 11.9 Å². The number of para-hydroxylation sites is 1. The number of nitrogens with zero attached hydrogens (tertiary/aromatic N) is 1. The Balaban J connectivity index is 1.76. The first-order valence-corrected chi connectivity index (χ1v) is 10.6. The first-order valence-electron chi connectivity index (χ1n) is 10.6. The minimum Gasteiger partial charge on any atom is -0.508 e. The summed E-state index contributed by atoms with van der Waals surface area (Å²) in [6.07, 6.45) is 0.463. The van der Waals surface area contributed by atoms with Crippen LogP contribution in [0.1, 0.15) is 39.0 Å². The number of methoxy groups -OCH3 is 2. The van der Waals surface area contributed by atoms with Crippen LogP contribution in [-0.4, -0.2) is 47.8 Å². The lowest BCUT2D eigenvalue weighted by atomic mass is 9.79. The zero-order chi connectivity index (χ0) is 23.5. The van der Waals surface area contributed by atoms with Crippen molar-refractivity contribution < 1.29 is 29.3 Å². The van der Waals surface area contributed by atoms with Gasteiger partial charge in [0.05, 0.1) is 20.3 Å². The van der Waals surface area contributed by atoms with Gasteiger partial charge in [-0.25, -0.2) is 0 Å². The Morgan fingerprint density at radius 2 is 1.61 bits per heavy atom. The molecule has 1 heterocycles. The molecule has 7 nitrogen and oxygen atoms in total. The number of hydrogen-bond donors (Lipinski definition) is 2. The molecule has 3 aromatic rings. The number of ether oxygens (including phenoxy) is 2. The smallest absolute Gasteiger partial charge is 0.313 e. The Hall–Kier alpha value is -4.00. The van der Waals surface area contributed by atoms with E-state index in [4.69, 9.17) is 9.47 Å². The van der Waals surface area contributed by atoms with Crippen LogP contribution in [0.15, 0.2) is 66.7 Å². The van der Waals surface area contributed by atoms with Gasteiger partial charge in [-0.2, -0.15) is 0 Å². The van der Waals surface area contributed by atoms with Crippen LogP contribution in [0.4, 0.5) is 0 Å². The lowest BCUT2D eigenvalue weighted by Gasteiger charge is -2.41. The highest BCUT2D eigenvalue weighted by atomic mass is 16.5. The van der Waals surface area contributed by atoms with E-state index in [9.17, 15) is 19.8 Å². The standard InChI is InChI=1S/C26H25NO6/c1-32-21-12-11-16(15-22(21)33-2)13-14-27-24(19-9-5-6-10-20(19)28)23(26(30)31)17-7-3-4-8-18(17)25(27)29/h3-12,15,23-24,28H,13-14H2,1-2H3,(H,30,31)/t23-,24-/m0/s1. The van der Waals surface area contributed by atoms with Gasteiger partial charge in [0.2, 0.25) is 0 Å². The number of aromatic hydroxyl groups is 1. The Bertz CT molecular complexity index is 1190. The molecule has 7 heteroatoms. The van der Waals surface area contributed by atoms with Crippen molar-refractivity contribution in [1.82, 2.24) is 4.90 Å². The number of amides is 1. The molecule has 2 N–H and O–H groups in total. The number of benzene rings is 3. The van der Waals surface area contributed by atoms with Gasteiger partial charge in [-0.3, -0.25) is 9.59 Å². The summed E-state index contributed by atoms with van der Waals surface area (Å²) in [7, 11) is 3.11. The van der Waals surface area contributed by atoms with Gasteiger partial charge in [-0.05, 0) is 41.8 Å². The van der Waals surface area contributed by atoms with Crippen molar-refractivity contribution in [3.63, 3.8) is 0 Å². The van der Waals surface area contributed by atoms with E-state index in [1.807, 2.05) is 12.1 Å². The molecule has 33 heavy (non-hydrogen) atoms. The minimum atomic E-state index is -1.06. The predicted octanol–water partition coefficient (Wildman–Crippen LogP) is 4.02. The SMILES string of the molecule is COc1ccc(CCN2C(=O)c3ccccc3[C@H](C(=O)O)[C@@H]2c2ccccc2O)cc1OC. The Labute approximate surface area is 191 Å². The summed E-state index contributed by atoms with van der Waals surface area (Å²) in [5.74, 6) is -1.21. The molecule has 0 bridgehead atoms. The number of carboxylic acid groups (broad SMARTS) is 1. The highest BCUT2D eigenvalue weighted by Crippen LogP contribution is 2.45. The highest BCUT2D eigenvalue weighted by Gasteiger charge is 2.44. The largest absolute Gasteiger partial charge is 0.508 e. The van der Waals surface area contributed by atoms with Crippen molar-refractivity contribution in [3.05, 3.63) is 89.0 Å². The van der Waals surface area contributed by atoms with Crippen molar-refractivity contribution in [2.45, 2.75) is 18.4 Å². The zero-order valence-electron chi connectivity index (χ0n) is 18.4. The molecule has 4 rings (SSSR count). The molecule has 0 unspecified atom stereocenters. The molecule has 1 amide bonds. The zero-order valence-corrected chi connectivity index (χ0v) is 18.4. The van der Waals surface area contributed by atoms with Gasteiger partial charge >= 0.3 is 5.97 Å². The molecular formula is C26H25NO6. The molecule has 170 valence electrons. The number of carbonyl (C=O) groups excluding carboxylic acids is 1. The number of hydrogen-bond acceptors (Lipinski definition) is 5. The highest BCUT2D eigenvalue weighted by molar-refractivity contribution is 6.00. The van der Waals surface area contributed by atoms with Crippen LogP contribution in [0, 0.1) is 0 Å². The van der Waals surface area contributed by atoms with E-state index >= 15 is 0 Å². The molecular weight excluding hydrogens is 422 g/mol. The van der Waals surface area contributed by atoms with E-state index in [-0.39, 0.29) is 18.2 Å². The van der Waals surface area contributed by atoms with Gasteiger partial charge in [0.25, 0.3) is 5.91 Å². The summed E-state index contributed by atoms with van der Waals surface area (Å²) in [5, 5.41) is 20.7. The first-order chi connectivity index (χ1) is 16.0. The molecule has 3 aromatic carbocycles. The molecule has 0 aliphatic carbocycles. The van der Waals surface area contributed by atoms with Crippen LogP contribution in [0.25, 0.3) is 0 Å². The third kappa shape index (κ3) is 4.09. The normalized spacial score (nSPS) is 17.4. The number of aliphatic carboxylic acids is 1. The Morgan fingerprint density at radius 3 is 2.27 bits per heavy atom. The lowest BCUT2D eigenvalue weighted by Crippen LogP contribution is -2.45. The van der Waals surface area contributed by atoms with E-state index in [0.29, 0.717) is 34.6 Å². The molecule has 0 saturated heterocycles. The second-order valence-corrected chi connectivity index (χ2v) is 7.84. The fourth-order valence-corrected chi connectivity index (χ4v) is 4.47. The van der Waals surface area contributed by atoms with Crippen molar-refractivity contribution in [2.75, 3.05) is 20.8 Å². The van der Waals surface area contributed by atoms with Gasteiger partial charge in [-0.1, -0.05) is 42.5 Å². The maximum Gasteiger partial charge on any atom is 0.313 e. The minimum absolute atomic E-state index is 0.0444. The molecule has 2 atom stereocenters. The van der Waals surface area contributed by atoms with Crippen molar-refractivity contribution in [1.29, 1.82) is 0 Å². The van der Waals surface area contributed by atoms with Gasteiger partial charge < -0.3 is 24.6 Å². The summed E-state index contributed by atoms with van der Waals surface area (Å²) < 4.78 is 10.7. The van der Waals surface area contributed by atoms with Crippen LogP contribution in [-0.2, 0) is 11.2 Å². The number of phenols is 1. The molecule has 1 aliphatic rings. The van der Waals surface area contributed by atoms with E-state index in [0.717, 1.165) is 5.56 Å². The summed E-state index contributed by atoms with van der Waals surface area (Å²) >= 11 is 0. The second-order valence-electron chi connectivity index (χ2n) is 7.84. The number of carboxylic acids is 1. The third-order valence-electron chi connectivity index (χ3n) is 6.05. The van der Waals surface area contributed by atoms with E-state index in [2.05, 4.69) is 0 Å². The number of phenolic OH excluding ortho intramolecular Hbond substituents is 1. The topological polar surface area (TPSA) is 96.3 Å². The first kappa shape index (κ1) is 22.2. The van der Waals surface area contributed by atoms with Crippen LogP contribution < -0.4 is 9.47 Å². The van der Waals surface area contributed by atoms with Gasteiger partial charge in [0.15, 0.2) is 11.5 Å². The molecule has 0 saturated carbocycles. The second kappa shape index (κ2) is 9.24. The Morgan fingerprint density at radius 1 is 0.939 bits per heavy atom. The maximum atomic E-state index is 13.5. The average molecular weight is 447 g/mol. The van der Waals surface area contributed by atoms with E-state index in [1.165, 1.54) is 6.07 Å². The summed E-state index contributed by atoms with van der Waals surface area (Å²) in [6, 6.07) is 18.0. The summed E-state index contributed by atoms with van der Waals surface area (Å²) in [6.45, 7) is 0.255. The molecule has 0 radical (unpaired) electrons. The van der Waals surface area contributed by atoms with Gasteiger partial charge in [0.1, 0.15) is 11.7 Å². The summed E-state index contributed by atoms with van der Waals surface area (Å²) in [4.78, 5) is 27.5. The van der Waals surface area contributed by atoms with E-state index < -0.39 is 17.9 Å². The fraction of sp³-hybridized carbons (Fsp3) is 0.231. The van der Waals surface area contributed by atoms with Crippen LogP contribution in [0.3, 0.4) is 0 Å². The van der Waals surface area contributed by atoms with Crippen molar-refractivity contribution in [3.8, 4) is 17.2 Å². The number of fused-ring (bicyclic) bond motifs is 1. The third-order valence-corrected chi connectivity index (χ3v) is 6.05. The summed E-state index contributed by atoms with van der Waals surface area (Å²) in [5.41, 5.74) is 2.12. The maximum absolute atomic E-state index is 13.5. The predicted molar refractivity (Wildman–Crippen MR) is 122 cm³/mol. The van der Waals surface area contributed by atoms with E-state index in [1.54, 1.807) is 67.7 Å². The van der Waals surface area contributed by atoms with Crippen LogP contribution in [0.5, 0.6) is 17.2 Å².